The van der Waals surface area contributed by atoms with Gasteiger partial charge in [-0.05, 0) is 18.6 Å². The minimum atomic E-state index is -4.86. The standard InChI is InChI=1S/C15H11ClF3N5O3/c1-2-27-12(26)9-7-23(6-8-3-4-10(16)20-5-8)14-21-13(15(17,18)19)22-24(14)11(9)25/h3-5,7H,2,6H2,1H3. The summed E-state index contributed by atoms with van der Waals surface area (Å²) in [6, 6.07) is 3.09. The van der Waals surface area contributed by atoms with Crippen LogP contribution in [0.3, 0.4) is 0 Å². The van der Waals surface area contributed by atoms with Gasteiger partial charge in [0.2, 0.25) is 5.78 Å². The van der Waals surface area contributed by atoms with Gasteiger partial charge in [-0.2, -0.15) is 22.7 Å². The predicted octanol–water partition coefficient (Wildman–Crippen LogP) is 2.18. The van der Waals surface area contributed by atoms with Gasteiger partial charge in [0.1, 0.15) is 10.7 Å². The molecule has 142 valence electrons. The summed E-state index contributed by atoms with van der Waals surface area (Å²) in [5.41, 5.74) is -0.974. The highest BCUT2D eigenvalue weighted by Gasteiger charge is 2.37. The largest absolute Gasteiger partial charge is 0.462 e. The molecule has 0 fully saturated rings. The van der Waals surface area contributed by atoms with Gasteiger partial charge in [0.25, 0.3) is 11.4 Å². The number of halogens is 4. The molecule has 27 heavy (non-hydrogen) atoms. The van der Waals surface area contributed by atoms with E-state index < -0.39 is 29.1 Å². The van der Waals surface area contributed by atoms with Crippen LogP contribution in [0.5, 0.6) is 0 Å². The molecule has 0 radical (unpaired) electrons. The fraction of sp³-hybridized carbons (Fsp3) is 0.267. The first kappa shape index (κ1) is 18.8. The molecule has 3 aromatic heterocycles. The number of fused-ring (bicyclic) bond motifs is 1. The van der Waals surface area contributed by atoms with E-state index in [0.29, 0.717) is 10.1 Å². The number of carbonyl (C=O) groups excluding carboxylic acids is 1. The van der Waals surface area contributed by atoms with Crippen molar-refractivity contribution in [3.05, 3.63) is 57.0 Å². The van der Waals surface area contributed by atoms with Crippen LogP contribution in [0.4, 0.5) is 13.2 Å². The van der Waals surface area contributed by atoms with Crippen LogP contribution in [0.2, 0.25) is 5.15 Å². The fourth-order valence-corrected chi connectivity index (χ4v) is 2.40. The molecular weight excluding hydrogens is 391 g/mol. The third-order valence-electron chi connectivity index (χ3n) is 3.45. The first-order valence-electron chi connectivity index (χ1n) is 7.55. The number of hydrogen-bond acceptors (Lipinski definition) is 6. The number of ether oxygens (including phenoxy) is 1. The van der Waals surface area contributed by atoms with Crippen LogP contribution in [-0.4, -0.2) is 36.7 Å². The van der Waals surface area contributed by atoms with Gasteiger partial charge in [-0.15, -0.1) is 5.10 Å². The number of nitrogens with zero attached hydrogens (tertiary/aromatic N) is 5. The lowest BCUT2D eigenvalue weighted by Gasteiger charge is -2.10. The highest BCUT2D eigenvalue weighted by atomic mass is 35.5. The molecule has 0 saturated carbocycles. The molecule has 0 unspecified atom stereocenters. The van der Waals surface area contributed by atoms with Crippen LogP contribution in [0.15, 0.2) is 29.3 Å². The van der Waals surface area contributed by atoms with Crippen LogP contribution in [0.1, 0.15) is 28.7 Å². The van der Waals surface area contributed by atoms with Crippen molar-refractivity contribution in [3.63, 3.8) is 0 Å². The summed E-state index contributed by atoms with van der Waals surface area (Å²) in [4.78, 5) is 31.7. The van der Waals surface area contributed by atoms with Gasteiger partial charge < -0.3 is 9.30 Å². The van der Waals surface area contributed by atoms with Crippen molar-refractivity contribution in [2.45, 2.75) is 19.6 Å². The Morgan fingerprint density at radius 2 is 2.07 bits per heavy atom. The minimum Gasteiger partial charge on any atom is -0.462 e. The average Bonchev–Trinajstić information content (AvgIpc) is 3.06. The Kier molecular flexibility index (Phi) is 4.87. The zero-order chi connectivity index (χ0) is 19.8. The van der Waals surface area contributed by atoms with E-state index in [1.807, 2.05) is 0 Å². The van der Waals surface area contributed by atoms with Crippen molar-refractivity contribution >= 4 is 23.3 Å². The first-order chi connectivity index (χ1) is 12.7. The molecule has 3 aromatic rings. The van der Waals surface area contributed by atoms with Gasteiger partial charge in [0.05, 0.1) is 13.2 Å². The van der Waals surface area contributed by atoms with E-state index in [4.69, 9.17) is 16.3 Å². The Balaban J connectivity index is 2.20. The molecule has 0 bridgehead atoms. The van der Waals surface area contributed by atoms with Gasteiger partial charge in [-0.25, -0.2) is 9.78 Å². The van der Waals surface area contributed by atoms with Crippen molar-refractivity contribution in [2.75, 3.05) is 6.61 Å². The molecule has 0 amide bonds. The Hall–Kier alpha value is -2.95. The molecule has 0 aromatic carbocycles. The van der Waals surface area contributed by atoms with Crippen molar-refractivity contribution in [1.29, 1.82) is 0 Å². The lowest BCUT2D eigenvalue weighted by Crippen LogP contribution is -2.27. The SMILES string of the molecule is CCOC(=O)c1cn(Cc2ccc(Cl)nc2)c2nc(C(F)(F)F)nn2c1=O. The number of hydrogen-bond donors (Lipinski definition) is 0. The Labute approximate surface area is 154 Å². The molecule has 0 saturated heterocycles. The first-order valence-corrected chi connectivity index (χ1v) is 7.93. The van der Waals surface area contributed by atoms with Crippen molar-refractivity contribution in [2.24, 2.45) is 0 Å². The van der Waals surface area contributed by atoms with Crippen molar-refractivity contribution in [3.8, 4) is 0 Å². The highest BCUT2D eigenvalue weighted by Crippen LogP contribution is 2.26. The Morgan fingerprint density at radius 3 is 2.67 bits per heavy atom. The second kappa shape index (κ2) is 6.99. The maximum Gasteiger partial charge on any atom is 0.453 e. The molecule has 0 spiro atoms. The number of rotatable bonds is 4. The summed E-state index contributed by atoms with van der Waals surface area (Å²) in [6.45, 7) is 1.49. The summed E-state index contributed by atoms with van der Waals surface area (Å²) in [5, 5.41) is 3.44. The van der Waals surface area contributed by atoms with Crippen molar-refractivity contribution < 1.29 is 22.7 Å². The molecule has 12 heteroatoms. The molecule has 8 nitrogen and oxygen atoms in total. The number of pyridine rings is 1. The second-order valence-corrected chi connectivity index (χ2v) is 5.72. The quantitative estimate of drug-likeness (QED) is 0.491. The maximum absolute atomic E-state index is 13.0. The van der Waals surface area contributed by atoms with Crippen LogP contribution in [0.25, 0.3) is 5.78 Å². The zero-order valence-electron chi connectivity index (χ0n) is 13.7. The van der Waals surface area contributed by atoms with Crippen LogP contribution in [0, 0.1) is 0 Å². The van der Waals surface area contributed by atoms with E-state index in [-0.39, 0.29) is 24.1 Å². The topological polar surface area (TPSA) is 91.4 Å². The minimum absolute atomic E-state index is 0.0113. The molecule has 0 aliphatic carbocycles. The normalized spacial score (nSPS) is 11.7. The lowest BCUT2D eigenvalue weighted by atomic mass is 10.2. The Morgan fingerprint density at radius 1 is 1.33 bits per heavy atom. The second-order valence-electron chi connectivity index (χ2n) is 5.33. The van der Waals surface area contributed by atoms with Gasteiger partial charge in [-0.1, -0.05) is 17.7 Å². The third-order valence-corrected chi connectivity index (χ3v) is 3.67. The molecule has 0 aliphatic rings. The van der Waals surface area contributed by atoms with E-state index in [0.717, 1.165) is 6.20 Å². The van der Waals surface area contributed by atoms with E-state index >= 15 is 0 Å². The van der Waals surface area contributed by atoms with E-state index in [1.54, 1.807) is 6.07 Å². The lowest BCUT2D eigenvalue weighted by molar-refractivity contribution is -0.144. The summed E-state index contributed by atoms with van der Waals surface area (Å²) in [7, 11) is 0. The van der Waals surface area contributed by atoms with Gasteiger partial charge in [0, 0.05) is 12.4 Å². The van der Waals surface area contributed by atoms with Crippen LogP contribution >= 0.6 is 11.6 Å². The monoisotopic (exact) mass is 401 g/mol. The van der Waals surface area contributed by atoms with Gasteiger partial charge >= 0.3 is 12.1 Å². The number of alkyl halides is 3. The number of carbonyl (C=O) groups is 1. The third kappa shape index (κ3) is 3.77. The summed E-state index contributed by atoms with van der Waals surface area (Å²) < 4.78 is 45.3. The van der Waals surface area contributed by atoms with E-state index in [2.05, 4.69) is 15.1 Å². The Bertz CT molecular complexity index is 1060. The smallest absolute Gasteiger partial charge is 0.453 e. The summed E-state index contributed by atoms with van der Waals surface area (Å²) >= 11 is 5.71. The molecule has 0 aliphatic heterocycles. The number of esters is 1. The van der Waals surface area contributed by atoms with Crippen molar-refractivity contribution in [1.82, 2.24) is 24.1 Å². The maximum atomic E-state index is 13.0. The molecule has 3 heterocycles. The van der Waals surface area contributed by atoms with Gasteiger partial charge in [-0.3, -0.25) is 4.79 Å². The highest BCUT2D eigenvalue weighted by molar-refractivity contribution is 6.29. The molecular formula is C15H11ClF3N5O3. The van der Waals surface area contributed by atoms with Gasteiger partial charge in [0.15, 0.2) is 0 Å². The molecule has 0 N–H and O–H groups in total. The molecule has 0 atom stereocenters. The van der Waals surface area contributed by atoms with E-state index in [9.17, 15) is 22.8 Å². The summed E-state index contributed by atoms with van der Waals surface area (Å²) in [6.07, 6.45) is -2.37. The fourth-order valence-electron chi connectivity index (χ4n) is 2.29. The zero-order valence-corrected chi connectivity index (χ0v) is 14.5. The number of aromatic nitrogens is 5. The van der Waals surface area contributed by atoms with E-state index in [1.165, 1.54) is 23.8 Å². The predicted molar refractivity (Wildman–Crippen MR) is 86.6 cm³/mol. The van der Waals surface area contributed by atoms with Crippen LogP contribution < -0.4 is 5.56 Å². The average molecular weight is 402 g/mol. The van der Waals surface area contributed by atoms with Crippen LogP contribution in [-0.2, 0) is 17.5 Å². The summed E-state index contributed by atoms with van der Waals surface area (Å²) in [5.74, 6) is -2.85. The molecule has 3 rings (SSSR count).